The molecule has 0 radical (unpaired) electrons. The molecular formula is C17H20N4O2. The van der Waals surface area contributed by atoms with Gasteiger partial charge in [0.2, 0.25) is 0 Å². The number of urea groups is 1. The van der Waals surface area contributed by atoms with Crippen LogP contribution in [0.2, 0.25) is 0 Å². The van der Waals surface area contributed by atoms with E-state index in [4.69, 9.17) is 4.74 Å². The first kappa shape index (κ1) is 14.3. The number of anilines is 1. The average Bonchev–Trinajstić information content (AvgIpc) is 3.24. The summed E-state index contributed by atoms with van der Waals surface area (Å²) in [6.07, 6.45) is 6.94. The Labute approximate surface area is 135 Å². The highest BCUT2D eigenvalue weighted by molar-refractivity contribution is 5.89. The molecule has 2 fully saturated rings. The Morgan fingerprint density at radius 2 is 2.13 bits per heavy atom. The standard InChI is InChI=1S/C17H20N4O2/c22-17(20-9-10-23-16-8-4-7-15(16)20)19-13-11-18-21(12-13)14-5-2-1-3-6-14/h1-3,5-6,11-12,15-16H,4,7-10H2,(H,19,22)/t15-,16+/m0/s1. The summed E-state index contributed by atoms with van der Waals surface area (Å²) in [6.45, 7) is 1.28. The summed E-state index contributed by atoms with van der Waals surface area (Å²) in [7, 11) is 0. The Morgan fingerprint density at radius 3 is 3.00 bits per heavy atom. The second-order valence-electron chi connectivity index (χ2n) is 6.04. The predicted molar refractivity (Wildman–Crippen MR) is 86.7 cm³/mol. The first-order valence-electron chi connectivity index (χ1n) is 8.10. The third kappa shape index (κ3) is 2.82. The van der Waals surface area contributed by atoms with Crippen molar-refractivity contribution in [2.75, 3.05) is 18.5 Å². The molecule has 1 aliphatic carbocycles. The van der Waals surface area contributed by atoms with Crippen LogP contribution in [-0.2, 0) is 4.74 Å². The average molecular weight is 312 g/mol. The second-order valence-corrected chi connectivity index (χ2v) is 6.04. The summed E-state index contributed by atoms with van der Waals surface area (Å²) in [5.41, 5.74) is 1.68. The topological polar surface area (TPSA) is 59.4 Å². The first-order chi connectivity index (χ1) is 11.3. The number of benzene rings is 1. The van der Waals surface area contributed by atoms with Crippen LogP contribution in [0.5, 0.6) is 0 Å². The van der Waals surface area contributed by atoms with E-state index < -0.39 is 0 Å². The molecule has 2 heterocycles. The van der Waals surface area contributed by atoms with E-state index in [1.807, 2.05) is 41.4 Å². The Bertz CT molecular complexity index is 685. The Kier molecular flexibility index (Phi) is 3.75. The number of morpholine rings is 1. The van der Waals surface area contributed by atoms with Crippen LogP contribution in [0.3, 0.4) is 0 Å². The van der Waals surface area contributed by atoms with Gasteiger partial charge in [-0.1, -0.05) is 18.2 Å². The summed E-state index contributed by atoms with van der Waals surface area (Å²) in [5, 5.41) is 7.27. The van der Waals surface area contributed by atoms with E-state index in [0.717, 1.165) is 24.9 Å². The third-order valence-corrected chi connectivity index (χ3v) is 4.60. The molecule has 2 amide bonds. The van der Waals surface area contributed by atoms with Crippen LogP contribution in [0, 0.1) is 0 Å². The molecule has 1 N–H and O–H groups in total. The largest absolute Gasteiger partial charge is 0.374 e. The van der Waals surface area contributed by atoms with Gasteiger partial charge in [0.15, 0.2) is 0 Å². The van der Waals surface area contributed by atoms with E-state index in [2.05, 4.69) is 10.4 Å². The predicted octanol–water partition coefficient (Wildman–Crippen LogP) is 2.66. The van der Waals surface area contributed by atoms with E-state index in [-0.39, 0.29) is 18.2 Å². The highest BCUT2D eigenvalue weighted by Crippen LogP contribution is 2.30. The Hall–Kier alpha value is -2.34. The van der Waals surface area contributed by atoms with Crippen molar-refractivity contribution < 1.29 is 9.53 Å². The minimum absolute atomic E-state index is 0.0576. The van der Waals surface area contributed by atoms with Crippen LogP contribution in [-0.4, -0.2) is 46.0 Å². The number of nitrogens with zero attached hydrogens (tertiary/aromatic N) is 3. The van der Waals surface area contributed by atoms with Gasteiger partial charge >= 0.3 is 6.03 Å². The van der Waals surface area contributed by atoms with Crippen molar-refractivity contribution in [1.82, 2.24) is 14.7 Å². The molecule has 23 heavy (non-hydrogen) atoms. The van der Waals surface area contributed by atoms with Gasteiger partial charge < -0.3 is 15.0 Å². The van der Waals surface area contributed by atoms with Gasteiger partial charge in [0, 0.05) is 6.54 Å². The van der Waals surface area contributed by atoms with Gasteiger partial charge in [-0.25, -0.2) is 9.48 Å². The minimum atomic E-state index is -0.0576. The molecule has 120 valence electrons. The van der Waals surface area contributed by atoms with E-state index in [1.165, 1.54) is 0 Å². The van der Waals surface area contributed by atoms with Crippen molar-refractivity contribution in [2.24, 2.45) is 0 Å². The van der Waals surface area contributed by atoms with Gasteiger partial charge in [-0.3, -0.25) is 0 Å². The van der Waals surface area contributed by atoms with Gasteiger partial charge in [-0.05, 0) is 31.4 Å². The van der Waals surface area contributed by atoms with Crippen molar-refractivity contribution in [2.45, 2.75) is 31.4 Å². The van der Waals surface area contributed by atoms with Gasteiger partial charge in [0.05, 0.1) is 42.5 Å². The van der Waals surface area contributed by atoms with Crippen LogP contribution < -0.4 is 5.32 Å². The molecule has 6 heteroatoms. The molecule has 2 aliphatic rings. The smallest absolute Gasteiger partial charge is 0.322 e. The highest BCUT2D eigenvalue weighted by atomic mass is 16.5. The van der Waals surface area contributed by atoms with Crippen molar-refractivity contribution in [3.05, 3.63) is 42.7 Å². The lowest BCUT2D eigenvalue weighted by Gasteiger charge is -2.37. The van der Waals surface area contributed by atoms with E-state index in [9.17, 15) is 4.79 Å². The van der Waals surface area contributed by atoms with Crippen molar-refractivity contribution in [1.29, 1.82) is 0 Å². The lowest BCUT2D eigenvalue weighted by atomic mass is 10.1. The van der Waals surface area contributed by atoms with Gasteiger partial charge in [-0.2, -0.15) is 5.10 Å². The van der Waals surface area contributed by atoms with Crippen molar-refractivity contribution in [3.63, 3.8) is 0 Å². The number of fused-ring (bicyclic) bond motifs is 1. The van der Waals surface area contributed by atoms with Gasteiger partial charge in [0.1, 0.15) is 0 Å². The van der Waals surface area contributed by atoms with E-state index in [1.54, 1.807) is 10.9 Å². The summed E-state index contributed by atoms with van der Waals surface area (Å²) in [5.74, 6) is 0. The number of aromatic nitrogens is 2. The molecular weight excluding hydrogens is 292 g/mol. The molecule has 0 spiro atoms. The van der Waals surface area contributed by atoms with Crippen LogP contribution in [0.15, 0.2) is 42.7 Å². The van der Waals surface area contributed by atoms with Crippen LogP contribution >= 0.6 is 0 Å². The zero-order chi connectivity index (χ0) is 15.6. The van der Waals surface area contributed by atoms with E-state index >= 15 is 0 Å². The van der Waals surface area contributed by atoms with Crippen molar-refractivity contribution in [3.8, 4) is 5.69 Å². The van der Waals surface area contributed by atoms with Crippen molar-refractivity contribution >= 4 is 11.7 Å². The zero-order valence-corrected chi connectivity index (χ0v) is 12.9. The molecule has 1 aromatic carbocycles. The maximum atomic E-state index is 12.6. The number of para-hydroxylation sites is 1. The fourth-order valence-corrected chi connectivity index (χ4v) is 3.48. The fraction of sp³-hybridized carbons (Fsp3) is 0.412. The minimum Gasteiger partial charge on any atom is -0.374 e. The van der Waals surface area contributed by atoms with Crippen LogP contribution in [0.25, 0.3) is 5.69 Å². The highest BCUT2D eigenvalue weighted by Gasteiger charge is 2.38. The number of rotatable bonds is 2. The molecule has 1 aliphatic heterocycles. The molecule has 2 atom stereocenters. The quantitative estimate of drug-likeness (QED) is 0.927. The van der Waals surface area contributed by atoms with Crippen LogP contribution in [0.1, 0.15) is 19.3 Å². The van der Waals surface area contributed by atoms with Gasteiger partial charge in [-0.15, -0.1) is 0 Å². The van der Waals surface area contributed by atoms with Gasteiger partial charge in [0.25, 0.3) is 0 Å². The SMILES string of the molecule is O=C(Nc1cnn(-c2ccccc2)c1)N1CCO[C@@H]2CCC[C@@H]21. The van der Waals surface area contributed by atoms with Crippen LogP contribution in [0.4, 0.5) is 10.5 Å². The summed E-state index contributed by atoms with van der Waals surface area (Å²) >= 11 is 0. The fourth-order valence-electron chi connectivity index (χ4n) is 3.48. The molecule has 1 saturated heterocycles. The summed E-state index contributed by atoms with van der Waals surface area (Å²) < 4.78 is 7.51. The Balaban J connectivity index is 1.46. The molecule has 0 unspecified atom stereocenters. The summed E-state index contributed by atoms with van der Waals surface area (Å²) in [4.78, 5) is 14.5. The molecule has 2 aromatic rings. The number of hydrogen-bond donors (Lipinski definition) is 1. The number of amides is 2. The number of carbonyl (C=O) groups excluding carboxylic acids is 1. The molecule has 6 nitrogen and oxygen atoms in total. The second kappa shape index (κ2) is 6.04. The Morgan fingerprint density at radius 1 is 1.26 bits per heavy atom. The third-order valence-electron chi connectivity index (χ3n) is 4.60. The number of hydrogen-bond acceptors (Lipinski definition) is 3. The first-order valence-corrected chi connectivity index (χ1v) is 8.10. The maximum absolute atomic E-state index is 12.6. The lowest BCUT2D eigenvalue weighted by Crippen LogP contribution is -2.52. The lowest BCUT2D eigenvalue weighted by molar-refractivity contribution is -0.0362. The van der Waals surface area contributed by atoms with E-state index in [0.29, 0.717) is 18.8 Å². The zero-order valence-electron chi connectivity index (χ0n) is 12.9. The normalized spacial score (nSPS) is 23.6. The number of carbonyl (C=O) groups is 1. The number of nitrogens with one attached hydrogen (secondary N) is 1. The summed E-state index contributed by atoms with van der Waals surface area (Å²) in [6, 6.07) is 10.00. The molecule has 4 rings (SSSR count). The molecule has 1 saturated carbocycles. The number of ether oxygens (including phenoxy) is 1. The monoisotopic (exact) mass is 312 g/mol. The molecule has 1 aromatic heterocycles. The molecule has 0 bridgehead atoms. The maximum Gasteiger partial charge on any atom is 0.322 e.